The summed E-state index contributed by atoms with van der Waals surface area (Å²) in [6, 6.07) is 0.478. The Morgan fingerprint density at radius 1 is 1.54 bits per heavy atom. The van der Waals surface area contributed by atoms with Crippen LogP contribution in [0.25, 0.3) is 0 Å². The fourth-order valence-electron chi connectivity index (χ4n) is 1.76. The van der Waals surface area contributed by atoms with Gasteiger partial charge in [-0.25, -0.2) is 0 Å². The minimum absolute atomic E-state index is 0.169. The van der Waals surface area contributed by atoms with Gasteiger partial charge in [0.15, 0.2) is 5.81 Å². The van der Waals surface area contributed by atoms with Crippen molar-refractivity contribution in [3.8, 4) is 0 Å². The van der Waals surface area contributed by atoms with Gasteiger partial charge in [-0.3, -0.25) is 4.79 Å². The molecule has 1 saturated heterocycles. The highest BCUT2D eigenvalue weighted by Gasteiger charge is 2.19. The molecule has 1 radical (unpaired) electrons. The van der Waals surface area contributed by atoms with Crippen molar-refractivity contribution in [2.45, 2.75) is 32.1 Å². The van der Waals surface area contributed by atoms with Gasteiger partial charge in [0.05, 0.1) is 0 Å². The van der Waals surface area contributed by atoms with Crippen molar-refractivity contribution in [3.63, 3.8) is 0 Å². The number of likely N-dealkylation sites (tertiary alicyclic amines) is 1. The van der Waals surface area contributed by atoms with E-state index in [0.717, 1.165) is 19.5 Å². The Bertz CT molecular complexity index is 175. The van der Waals surface area contributed by atoms with Gasteiger partial charge in [-0.05, 0) is 19.9 Å². The molecule has 3 nitrogen and oxygen atoms in total. The second kappa shape index (κ2) is 5.27. The first-order valence-electron chi connectivity index (χ1n) is 5.03. The lowest BCUT2D eigenvalue weighted by molar-refractivity contribution is 0.218. The fourth-order valence-corrected chi connectivity index (χ4v) is 1.76. The van der Waals surface area contributed by atoms with E-state index >= 15 is 0 Å². The first-order chi connectivity index (χ1) is 6.27. The second-order valence-corrected chi connectivity index (χ2v) is 3.55. The number of amides is 1. The van der Waals surface area contributed by atoms with Crippen LogP contribution in [0.4, 0.5) is 4.79 Å². The number of hydrogen-bond acceptors (Lipinski definition) is 2. The van der Waals surface area contributed by atoms with Gasteiger partial charge in [-0.15, -0.1) is 0 Å². The molecule has 0 bridgehead atoms. The average Bonchev–Trinajstić information content (AvgIpc) is 2.41. The molecule has 0 aromatic heterocycles. The Morgan fingerprint density at radius 2 is 2.31 bits per heavy atom. The number of nitrogens with zero attached hydrogens (tertiary/aromatic N) is 1. The van der Waals surface area contributed by atoms with Crippen LogP contribution < -0.4 is 5.32 Å². The van der Waals surface area contributed by atoms with E-state index in [-0.39, 0.29) is 5.81 Å². The van der Waals surface area contributed by atoms with Crippen LogP contribution in [0.5, 0.6) is 0 Å². The maximum Gasteiger partial charge on any atom is 0.229 e. The van der Waals surface area contributed by atoms with Crippen LogP contribution in [0.15, 0.2) is 0 Å². The fraction of sp³-hybridized carbons (Fsp3) is 0.889. The van der Waals surface area contributed by atoms with Gasteiger partial charge in [0.25, 0.3) is 0 Å². The Balaban J connectivity index is 2.48. The zero-order chi connectivity index (χ0) is 9.68. The van der Waals surface area contributed by atoms with Gasteiger partial charge in [0, 0.05) is 19.1 Å². The standard InChI is InChI=1S/C9H18BN2O/c1-10-9(13)12-6-4-3-5-8(7-12)11-2/h8,11H,3-7H2,1-2H3. The van der Waals surface area contributed by atoms with Crippen LogP contribution in [0.3, 0.4) is 0 Å². The zero-order valence-electron chi connectivity index (χ0n) is 8.55. The van der Waals surface area contributed by atoms with Crippen molar-refractivity contribution in [2.24, 2.45) is 0 Å². The summed E-state index contributed by atoms with van der Waals surface area (Å²) in [6.07, 6.45) is 3.54. The van der Waals surface area contributed by atoms with Gasteiger partial charge in [-0.2, -0.15) is 0 Å². The predicted octanol–water partition coefficient (Wildman–Crippen LogP) is 0.933. The second-order valence-electron chi connectivity index (χ2n) is 3.55. The molecule has 73 valence electrons. The van der Waals surface area contributed by atoms with Gasteiger partial charge >= 0.3 is 0 Å². The molecule has 1 unspecified atom stereocenters. The quantitative estimate of drug-likeness (QED) is 0.642. The number of hydrogen-bond donors (Lipinski definition) is 1. The molecule has 1 amide bonds. The molecule has 4 heteroatoms. The molecule has 1 N–H and O–H groups in total. The van der Waals surface area contributed by atoms with Gasteiger partial charge in [0.1, 0.15) is 0 Å². The van der Waals surface area contributed by atoms with Crippen LogP contribution in [0.2, 0.25) is 6.82 Å². The highest BCUT2D eigenvalue weighted by Crippen LogP contribution is 2.10. The highest BCUT2D eigenvalue weighted by atomic mass is 16.1. The zero-order valence-corrected chi connectivity index (χ0v) is 8.55. The monoisotopic (exact) mass is 181 g/mol. The van der Waals surface area contributed by atoms with E-state index in [1.165, 1.54) is 12.8 Å². The molecule has 1 rings (SSSR count). The van der Waals surface area contributed by atoms with Gasteiger partial charge in [-0.1, -0.05) is 13.2 Å². The van der Waals surface area contributed by atoms with E-state index in [1.54, 1.807) is 7.28 Å². The molecule has 1 aliphatic heterocycles. The summed E-state index contributed by atoms with van der Waals surface area (Å²) in [5.41, 5.74) is 0. The first-order valence-corrected chi connectivity index (χ1v) is 5.03. The van der Waals surface area contributed by atoms with Crippen LogP contribution in [-0.4, -0.2) is 44.2 Å². The molecule has 1 aliphatic rings. The van der Waals surface area contributed by atoms with E-state index in [0.29, 0.717) is 6.04 Å². The molecule has 1 fully saturated rings. The molecular formula is C9H18BN2O. The smallest absolute Gasteiger partial charge is 0.229 e. The van der Waals surface area contributed by atoms with Crippen molar-refractivity contribution < 1.29 is 4.79 Å². The van der Waals surface area contributed by atoms with Crippen LogP contribution in [0, 0.1) is 0 Å². The van der Waals surface area contributed by atoms with Crippen molar-refractivity contribution in [2.75, 3.05) is 20.1 Å². The number of likely N-dealkylation sites (N-methyl/N-ethyl adjacent to an activating group) is 1. The number of carbonyl (C=O) groups is 1. The lowest BCUT2D eigenvalue weighted by atomic mass is 9.80. The Hall–Kier alpha value is -0.505. The van der Waals surface area contributed by atoms with E-state index < -0.39 is 0 Å². The predicted molar refractivity (Wildman–Crippen MR) is 55.3 cm³/mol. The molecule has 1 heterocycles. The summed E-state index contributed by atoms with van der Waals surface area (Å²) >= 11 is 0. The molecule has 0 aromatic carbocycles. The van der Waals surface area contributed by atoms with Gasteiger partial charge in [0.2, 0.25) is 7.28 Å². The third-order valence-corrected chi connectivity index (χ3v) is 2.64. The average molecular weight is 181 g/mol. The topological polar surface area (TPSA) is 32.3 Å². The Kier molecular flexibility index (Phi) is 4.29. The lowest BCUT2D eigenvalue weighted by Gasteiger charge is -2.24. The summed E-state index contributed by atoms with van der Waals surface area (Å²) in [5, 5.41) is 3.25. The van der Waals surface area contributed by atoms with E-state index in [4.69, 9.17) is 0 Å². The van der Waals surface area contributed by atoms with Crippen LogP contribution >= 0.6 is 0 Å². The number of carbonyl (C=O) groups excluding carboxylic acids is 1. The van der Waals surface area contributed by atoms with Crippen LogP contribution in [-0.2, 0) is 0 Å². The third-order valence-electron chi connectivity index (χ3n) is 2.64. The van der Waals surface area contributed by atoms with Crippen molar-refractivity contribution in [1.29, 1.82) is 0 Å². The SMILES string of the molecule is C[B]C(=O)N1CCCCC(NC)C1. The number of nitrogens with one attached hydrogen (secondary N) is 1. The molecule has 0 spiro atoms. The maximum absolute atomic E-state index is 11.4. The summed E-state index contributed by atoms with van der Waals surface area (Å²) in [6.45, 7) is 3.59. The highest BCUT2D eigenvalue weighted by molar-refractivity contribution is 6.72. The normalized spacial score (nSPS) is 23.8. The van der Waals surface area contributed by atoms with Crippen LogP contribution in [0.1, 0.15) is 19.3 Å². The third kappa shape index (κ3) is 3.03. The molecule has 1 atom stereocenters. The lowest BCUT2D eigenvalue weighted by Crippen LogP contribution is -2.42. The summed E-state index contributed by atoms with van der Waals surface area (Å²) < 4.78 is 0. The molecule has 0 aromatic rings. The van der Waals surface area contributed by atoms with E-state index in [1.807, 2.05) is 18.8 Å². The summed E-state index contributed by atoms with van der Waals surface area (Å²) in [7, 11) is 3.62. The summed E-state index contributed by atoms with van der Waals surface area (Å²) in [5.74, 6) is 0.169. The minimum atomic E-state index is 0.169. The Labute approximate surface area is 81.1 Å². The molecular weight excluding hydrogens is 163 g/mol. The van der Waals surface area contributed by atoms with Gasteiger partial charge < -0.3 is 10.2 Å². The molecule has 0 aliphatic carbocycles. The largest absolute Gasteiger partial charge is 0.350 e. The van der Waals surface area contributed by atoms with E-state index in [2.05, 4.69) is 5.32 Å². The maximum atomic E-state index is 11.4. The van der Waals surface area contributed by atoms with Crippen molar-refractivity contribution >= 4 is 13.1 Å². The van der Waals surface area contributed by atoms with Crippen molar-refractivity contribution in [3.05, 3.63) is 0 Å². The number of rotatable bonds is 2. The van der Waals surface area contributed by atoms with E-state index in [9.17, 15) is 4.79 Å². The molecule has 0 saturated carbocycles. The van der Waals surface area contributed by atoms with Crippen molar-refractivity contribution in [1.82, 2.24) is 10.2 Å². The Morgan fingerprint density at radius 3 is 2.92 bits per heavy atom. The summed E-state index contributed by atoms with van der Waals surface area (Å²) in [4.78, 5) is 13.4. The molecule has 13 heavy (non-hydrogen) atoms. The first kappa shape index (κ1) is 10.6. The minimum Gasteiger partial charge on any atom is -0.350 e.